The fourth-order valence-corrected chi connectivity index (χ4v) is 2.67. The van der Waals surface area contributed by atoms with Gasteiger partial charge in [-0.3, -0.25) is 0 Å². The first kappa shape index (κ1) is 15.1. The number of aromatic hydroxyl groups is 5. The van der Waals surface area contributed by atoms with E-state index in [1.807, 2.05) is 0 Å². The minimum Gasteiger partial charge on any atom is -0.508 e. The lowest BCUT2D eigenvalue weighted by Crippen LogP contribution is -2.34. The minimum absolute atomic E-state index is 0.114. The van der Waals surface area contributed by atoms with E-state index < -0.39 is 41.3 Å². The third-order valence-corrected chi connectivity index (χ3v) is 3.69. The van der Waals surface area contributed by atoms with E-state index in [9.17, 15) is 35.7 Å². The molecule has 122 valence electrons. The van der Waals surface area contributed by atoms with Gasteiger partial charge in [-0.15, -0.1) is 0 Å². The lowest BCUT2D eigenvalue weighted by Gasteiger charge is -2.35. The van der Waals surface area contributed by atoms with Crippen molar-refractivity contribution >= 4 is 0 Å². The third kappa shape index (κ3) is 2.33. The Morgan fingerprint density at radius 2 is 1.17 bits per heavy atom. The number of aliphatic hydroxyl groups is 2. The molecule has 1 aliphatic heterocycles. The maximum Gasteiger partial charge on any atom is 0.160 e. The van der Waals surface area contributed by atoms with Gasteiger partial charge in [0.25, 0.3) is 0 Å². The van der Waals surface area contributed by atoms with Crippen molar-refractivity contribution in [3.8, 4) is 34.5 Å². The summed E-state index contributed by atoms with van der Waals surface area (Å²) < 4.78 is 5.43. The molecule has 0 fully saturated rings. The van der Waals surface area contributed by atoms with Crippen molar-refractivity contribution in [3.05, 3.63) is 35.4 Å². The number of hydrogen-bond donors (Lipinski definition) is 7. The Morgan fingerprint density at radius 3 is 1.74 bits per heavy atom. The van der Waals surface area contributed by atoms with Gasteiger partial charge >= 0.3 is 0 Å². The normalized spacial score (nSPS) is 23.1. The van der Waals surface area contributed by atoms with Gasteiger partial charge < -0.3 is 40.5 Å². The van der Waals surface area contributed by atoms with Crippen LogP contribution in [0.3, 0.4) is 0 Å². The fraction of sp³-hybridized carbons (Fsp3) is 0.200. The van der Waals surface area contributed by atoms with Gasteiger partial charge in [-0.1, -0.05) is 0 Å². The number of aliphatic hydroxyl groups excluding tert-OH is 2. The van der Waals surface area contributed by atoms with Crippen LogP contribution in [-0.2, 0) is 0 Å². The van der Waals surface area contributed by atoms with Crippen molar-refractivity contribution in [1.82, 2.24) is 0 Å². The lowest BCUT2D eigenvalue weighted by molar-refractivity contribution is -0.0722. The summed E-state index contributed by atoms with van der Waals surface area (Å²) in [4.78, 5) is 0. The van der Waals surface area contributed by atoms with Crippen molar-refractivity contribution in [1.29, 1.82) is 0 Å². The van der Waals surface area contributed by atoms with Crippen molar-refractivity contribution in [2.75, 3.05) is 0 Å². The van der Waals surface area contributed by atoms with E-state index in [-0.39, 0.29) is 22.6 Å². The Balaban J connectivity index is 2.13. The third-order valence-electron chi connectivity index (χ3n) is 3.69. The van der Waals surface area contributed by atoms with Gasteiger partial charge in [-0.05, 0) is 0 Å². The molecular weight excluding hydrogens is 308 g/mol. The summed E-state index contributed by atoms with van der Waals surface area (Å²) in [7, 11) is 0. The highest BCUT2D eigenvalue weighted by atomic mass is 16.5. The Labute approximate surface area is 129 Å². The van der Waals surface area contributed by atoms with Gasteiger partial charge in [0.15, 0.2) is 6.10 Å². The second-order valence-electron chi connectivity index (χ2n) is 5.25. The van der Waals surface area contributed by atoms with Gasteiger partial charge in [-0.2, -0.15) is 0 Å². The molecule has 8 nitrogen and oxygen atoms in total. The Bertz CT molecular complexity index is 749. The van der Waals surface area contributed by atoms with E-state index in [0.29, 0.717) is 0 Å². The summed E-state index contributed by atoms with van der Waals surface area (Å²) >= 11 is 0. The maximum absolute atomic E-state index is 10.2. The Kier molecular flexibility index (Phi) is 3.35. The smallest absolute Gasteiger partial charge is 0.160 e. The van der Waals surface area contributed by atoms with Crippen molar-refractivity contribution in [2.45, 2.75) is 18.3 Å². The van der Waals surface area contributed by atoms with Crippen LogP contribution in [0.4, 0.5) is 0 Å². The molecule has 0 bridgehead atoms. The fourth-order valence-electron chi connectivity index (χ4n) is 2.67. The summed E-state index contributed by atoms with van der Waals surface area (Å²) in [6.45, 7) is 0. The molecule has 3 unspecified atom stereocenters. The second-order valence-corrected chi connectivity index (χ2v) is 5.25. The molecule has 2 aromatic carbocycles. The molecule has 0 radical (unpaired) electrons. The molecule has 0 aromatic heterocycles. The molecule has 3 rings (SSSR count). The van der Waals surface area contributed by atoms with Crippen LogP contribution >= 0.6 is 0 Å². The lowest BCUT2D eigenvalue weighted by atomic mass is 9.90. The van der Waals surface area contributed by atoms with Gasteiger partial charge in [0.05, 0.1) is 11.1 Å². The summed E-state index contributed by atoms with van der Waals surface area (Å²) in [6, 6.07) is 3.97. The van der Waals surface area contributed by atoms with E-state index in [1.54, 1.807) is 0 Å². The summed E-state index contributed by atoms with van der Waals surface area (Å²) in [6.07, 6.45) is -4.60. The van der Waals surface area contributed by atoms with Crippen LogP contribution in [0.15, 0.2) is 24.3 Å². The molecular formula is C15H14O8. The number of phenolic OH excluding ortho intramolecular Hbond substituents is 5. The van der Waals surface area contributed by atoms with Crippen molar-refractivity contribution in [2.24, 2.45) is 0 Å². The van der Waals surface area contributed by atoms with Gasteiger partial charge in [-0.25, -0.2) is 0 Å². The quantitative estimate of drug-likeness (QED) is 0.406. The van der Waals surface area contributed by atoms with Crippen LogP contribution in [-0.4, -0.2) is 41.8 Å². The zero-order chi connectivity index (χ0) is 16.9. The highest BCUT2D eigenvalue weighted by Crippen LogP contribution is 2.50. The molecule has 0 saturated heterocycles. The van der Waals surface area contributed by atoms with Crippen LogP contribution in [0.25, 0.3) is 0 Å². The molecule has 3 atom stereocenters. The monoisotopic (exact) mass is 322 g/mol. The van der Waals surface area contributed by atoms with Gasteiger partial charge in [0.2, 0.25) is 0 Å². The standard InChI is InChI=1S/C15H14O8/c16-5-1-7(18)11(8(19)2-5)15-14(22)13(21)12-9(20)3-6(17)4-10(12)23-15/h1-4,13-22H. The highest BCUT2D eigenvalue weighted by molar-refractivity contribution is 5.55. The first-order valence-corrected chi connectivity index (χ1v) is 6.63. The van der Waals surface area contributed by atoms with Gasteiger partial charge in [0, 0.05) is 24.3 Å². The molecule has 1 aliphatic rings. The number of phenols is 5. The average Bonchev–Trinajstić information content (AvgIpc) is 2.42. The van der Waals surface area contributed by atoms with Crippen LogP contribution in [0, 0.1) is 0 Å². The predicted octanol–water partition coefficient (Wildman–Crippen LogP) is 0.743. The Hall–Kier alpha value is -2.84. The molecule has 2 aromatic rings. The molecule has 0 aliphatic carbocycles. The SMILES string of the molecule is Oc1cc(O)c(C2Oc3cc(O)cc(O)c3C(O)C2O)c(O)c1. The van der Waals surface area contributed by atoms with Gasteiger partial charge in [0.1, 0.15) is 46.7 Å². The number of ether oxygens (including phenoxy) is 1. The van der Waals surface area contributed by atoms with E-state index in [4.69, 9.17) is 4.74 Å². The molecule has 0 amide bonds. The number of rotatable bonds is 1. The topological polar surface area (TPSA) is 151 Å². The maximum atomic E-state index is 10.2. The largest absolute Gasteiger partial charge is 0.508 e. The van der Waals surface area contributed by atoms with Crippen LogP contribution < -0.4 is 4.74 Å². The summed E-state index contributed by atoms with van der Waals surface area (Å²) in [5.41, 5.74) is -0.368. The predicted molar refractivity (Wildman–Crippen MR) is 75.5 cm³/mol. The molecule has 8 heteroatoms. The minimum atomic E-state index is -1.63. The van der Waals surface area contributed by atoms with E-state index in [1.165, 1.54) is 0 Å². The second kappa shape index (κ2) is 5.11. The first-order chi connectivity index (χ1) is 10.8. The zero-order valence-corrected chi connectivity index (χ0v) is 11.6. The van der Waals surface area contributed by atoms with E-state index in [2.05, 4.69) is 0 Å². The van der Waals surface area contributed by atoms with Crippen LogP contribution in [0.1, 0.15) is 23.3 Å². The Morgan fingerprint density at radius 1 is 0.696 bits per heavy atom. The average molecular weight is 322 g/mol. The molecule has 0 saturated carbocycles. The molecule has 0 spiro atoms. The van der Waals surface area contributed by atoms with Crippen molar-refractivity contribution in [3.63, 3.8) is 0 Å². The summed E-state index contributed by atoms with van der Waals surface area (Å²) in [5.74, 6) is -2.41. The number of hydrogen-bond acceptors (Lipinski definition) is 8. The molecule has 23 heavy (non-hydrogen) atoms. The van der Waals surface area contributed by atoms with Crippen LogP contribution in [0.5, 0.6) is 34.5 Å². The first-order valence-electron chi connectivity index (χ1n) is 6.63. The van der Waals surface area contributed by atoms with E-state index >= 15 is 0 Å². The van der Waals surface area contributed by atoms with Crippen molar-refractivity contribution < 1.29 is 40.5 Å². The highest BCUT2D eigenvalue weighted by Gasteiger charge is 2.41. The molecule has 1 heterocycles. The summed E-state index contributed by atoms with van der Waals surface area (Å²) in [5, 5.41) is 68.8. The molecule has 7 N–H and O–H groups in total. The van der Waals surface area contributed by atoms with Crippen LogP contribution in [0.2, 0.25) is 0 Å². The van der Waals surface area contributed by atoms with E-state index in [0.717, 1.165) is 24.3 Å². The number of benzene rings is 2. The number of fused-ring (bicyclic) bond motifs is 1. The zero-order valence-electron chi connectivity index (χ0n) is 11.6.